The van der Waals surface area contributed by atoms with Gasteiger partial charge in [-0.1, -0.05) is 50.6 Å². The van der Waals surface area contributed by atoms with Crippen molar-refractivity contribution in [1.29, 1.82) is 0 Å². The zero-order valence-electron chi connectivity index (χ0n) is 15.4. The van der Waals surface area contributed by atoms with E-state index in [0.717, 1.165) is 38.9 Å². The van der Waals surface area contributed by atoms with E-state index >= 15 is 0 Å². The Morgan fingerprint density at radius 2 is 1.78 bits per heavy atom. The average Bonchev–Trinajstić information content (AvgIpc) is 3.01. The molecule has 1 fully saturated rings. The highest BCUT2D eigenvalue weighted by molar-refractivity contribution is 5.31. The van der Waals surface area contributed by atoms with E-state index in [1.807, 2.05) is 13.8 Å². The lowest BCUT2D eigenvalue weighted by Gasteiger charge is -2.32. The Labute approximate surface area is 141 Å². The van der Waals surface area contributed by atoms with Crippen molar-refractivity contribution in [2.24, 2.45) is 5.92 Å². The van der Waals surface area contributed by atoms with Crippen molar-refractivity contribution in [2.45, 2.75) is 66.1 Å². The monoisotopic (exact) mass is 316 g/mol. The van der Waals surface area contributed by atoms with Crippen LogP contribution in [-0.2, 0) is 15.9 Å². The third kappa shape index (κ3) is 4.45. The summed E-state index contributed by atoms with van der Waals surface area (Å²) in [6, 6.07) is 6.84. The van der Waals surface area contributed by atoms with Crippen LogP contribution >= 0.6 is 0 Å². The summed E-state index contributed by atoms with van der Waals surface area (Å²) in [7, 11) is 0. The molecule has 0 bridgehead atoms. The van der Waals surface area contributed by atoms with E-state index in [1.54, 1.807) is 5.57 Å². The molecular weight excluding hydrogens is 284 g/mol. The summed E-state index contributed by atoms with van der Waals surface area (Å²) in [5.41, 5.74) is 5.78. The van der Waals surface area contributed by atoms with Gasteiger partial charge in [-0.3, -0.25) is 0 Å². The first-order valence-electron chi connectivity index (χ1n) is 9.11. The maximum Gasteiger partial charge on any atom is 0.172 e. The molecule has 0 aromatic heterocycles. The van der Waals surface area contributed by atoms with Crippen LogP contribution in [0.5, 0.6) is 0 Å². The number of benzene rings is 1. The van der Waals surface area contributed by atoms with E-state index in [4.69, 9.17) is 9.47 Å². The smallest absolute Gasteiger partial charge is 0.172 e. The molecule has 2 nitrogen and oxygen atoms in total. The van der Waals surface area contributed by atoms with Gasteiger partial charge in [-0.05, 0) is 49.3 Å². The SMILES string of the molecule is CC.Cc1ccc(CC(C)C2=CCC3(CC2)OCCO3)cc1C. The highest BCUT2D eigenvalue weighted by Gasteiger charge is 2.38. The fourth-order valence-electron chi connectivity index (χ4n) is 3.45. The Kier molecular flexibility index (Phi) is 6.43. The van der Waals surface area contributed by atoms with E-state index in [2.05, 4.69) is 45.0 Å². The third-order valence-electron chi connectivity index (χ3n) is 5.03. The Hall–Kier alpha value is -1.12. The topological polar surface area (TPSA) is 18.5 Å². The lowest BCUT2D eigenvalue weighted by atomic mass is 9.84. The summed E-state index contributed by atoms with van der Waals surface area (Å²) < 4.78 is 11.6. The van der Waals surface area contributed by atoms with Gasteiger partial charge in [-0.25, -0.2) is 0 Å². The van der Waals surface area contributed by atoms with Crippen LogP contribution in [0.25, 0.3) is 0 Å². The highest BCUT2D eigenvalue weighted by Crippen LogP contribution is 2.37. The van der Waals surface area contributed by atoms with Crippen LogP contribution in [-0.4, -0.2) is 19.0 Å². The molecule has 0 N–H and O–H groups in total. The van der Waals surface area contributed by atoms with Gasteiger partial charge in [0.25, 0.3) is 0 Å². The zero-order chi connectivity index (χ0) is 16.9. The summed E-state index contributed by atoms with van der Waals surface area (Å²) in [6.07, 6.45) is 6.52. The molecule has 1 heterocycles. The van der Waals surface area contributed by atoms with Crippen LogP contribution in [0.2, 0.25) is 0 Å². The average molecular weight is 316 g/mol. The van der Waals surface area contributed by atoms with Crippen LogP contribution in [0.1, 0.15) is 56.7 Å². The van der Waals surface area contributed by atoms with Gasteiger partial charge in [0.15, 0.2) is 5.79 Å². The standard InChI is InChI=1S/C19H26O2.C2H6/c1-14-4-5-17(12-15(14)2)13-16(3)18-6-8-19(9-7-18)20-10-11-21-19;1-2/h4-6,12,16H,7-11,13H2,1-3H3;1-2H3. The summed E-state index contributed by atoms with van der Waals surface area (Å²) in [5, 5.41) is 0. The maximum atomic E-state index is 5.79. The molecule has 1 atom stereocenters. The Balaban J connectivity index is 0.000000924. The number of hydrogen-bond donors (Lipinski definition) is 0. The second-order valence-electron chi connectivity index (χ2n) is 6.61. The molecule has 2 heteroatoms. The normalized spacial score (nSPS) is 20.7. The zero-order valence-corrected chi connectivity index (χ0v) is 15.4. The first kappa shape index (κ1) is 18.2. The molecule has 1 aliphatic heterocycles. The van der Waals surface area contributed by atoms with Crippen LogP contribution in [0.15, 0.2) is 29.8 Å². The molecule has 128 valence electrons. The van der Waals surface area contributed by atoms with Gasteiger partial charge in [-0.2, -0.15) is 0 Å². The van der Waals surface area contributed by atoms with Gasteiger partial charge in [0.05, 0.1) is 13.2 Å². The largest absolute Gasteiger partial charge is 0.347 e. The van der Waals surface area contributed by atoms with Crippen LogP contribution in [0, 0.1) is 19.8 Å². The van der Waals surface area contributed by atoms with Crippen LogP contribution in [0.3, 0.4) is 0 Å². The molecule has 1 aromatic rings. The minimum absolute atomic E-state index is 0.288. The molecule has 0 saturated carbocycles. The number of allylic oxidation sites excluding steroid dienone is 1. The second kappa shape index (κ2) is 8.12. The van der Waals surface area contributed by atoms with Gasteiger partial charge in [0, 0.05) is 12.8 Å². The van der Waals surface area contributed by atoms with E-state index in [-0.39, 0.29) is 5.79 Å². The van der Waals surface area contributed by atoms with Crippen molar-refractivity contribution in [3.8, 4) is 0 Å². The number of ether oxygens (including phenoxy) is 2. The molecule has 1 saturated heterocycles. The van der Waals surface area contributed by atoms with E-state index < -0.39 is 0 Å². The lowest BCUT2D eigenvalue weighted by molar-refractivity contribution is -0.161. The summed E-state index contributed by atoms with van der Waals surface area (Å²) in [6.45, 7) is 12.2. The molecule has 3 rings (SSSR count). The van der Waals surface area contributed by atoms with Gasteiger partial charge >= 0.3 is 0 Å². The predicted molar refractivity (Wildman–Crippen MR) is 96.7 cm³/mol. The van der Waals surface area contributed by atoms with E-state index in [9.17, 15) is 0 Å². The van der Waals surface area contributed by atoms with Crippen molar-refractivity contribution >= 4 is 0 Å². The fourth-order valence-corrected chi connectivity index (χ4v) is 3.45. The Bertz CT molecular complexity index is 539. The molecule has 23 heavy (non-hydrogen) atoms. The molecule has 1 spiro atoms. The van der Waals surface area contributed by atoms with Gasteiger partial charge in [0.2, 0.25) is 0 Å². The molecule has 1 aliphatic carbocycles. The molecule has 0 amide bonds. The second-order valence-corrected chi connectivity index (χ2v) is 6.61. The number of hydrogen-bond acceptors (Lipinski definition) is 2. The van der Waals surface area contributed by atoms with Crippen molar-refractivity contribution in [3.05, 3.63) is 46.5 Å². The highest BCUT2D eigenvalue weighted by atomic mass is 16.7. The Morgan fingerprint density at radius 3 is 2.35 bits per heavy atom. The minimum Gasteiger partial charge on any atom is -0.347 e. The lowest BCUT2D eigenvalue weighted by Crippen LogP contribution is -2.32. The summed E-state index contributed by atoms with van der Waals surface area (Å²) in [4.78, 5) is 0. The van der Waals surface area contributed by atoms with Crippen molar-refractivity contribution in [3.63, 3.8) is 0 Å². The van der Waals surface area contributed by atoms with Gasteiger partial charge < -0.3 is 9.47 Å². The van der Waals surface area contributed by atoms with Crippen molar-refractivity contribution in [2.75, 3.05) is 13.2 Å². The summed E-state index contributed by atoms with van der Waals surface area (Å²) >= 11 is 0. The molecule has 1 aromatic carbocycles. The van der Waals surface area contributed by atoms with E-state index in [1.165, 1.54) is 16.7 Å². The fraction of sp³-hybridized carbons (Fsp3) is 0.619. The van der Waals surface area contributed by atoms with E-state index in [0.29, 0.717) is 5.92 Å². The first-order chi connectivity index (χ1) is 11.1. The predicted octanol–water partition coefficient (Wildman–Crippen LogP) is 5.36. The van der Waals surface area contributed by atoms with Crippen molar-refractivity contribution in [1.82, 2.24) is 0 Å². The number of rotatable bonds is 3. The minimum atomic E-state index is -0.288. The summed E-state index contributed by atoms with van der Waals surface area (Å²) in [5.74, 6) is 0.315. The van der Waals surface area contributed by atoms with Gasteiger partial charge in [0.1, 0.15) is 0 Å². The number of aryl methyl sites for hydroxylation is 2. The molecule has 1 unspecified atom stereocenters. The maximum absolute atomic E-state index is 5.79. The van der Waals surface area contributed by atoms with Crippen molar-refractivity contribution < 1.29 is 9.47 Å². The van der Waals surface area contributed by atoms with Gasteiger partial charge in [-0.15, -0.1) is 0 Å². The molecule has 0 radical (unpaired) electrons. The first-order valence-corrected chi connectivity index (χ1v) is 9.11. The third-order valence-corrected chi connectivity index (χ3v) is 5.03. The van der Waals surface area contributed by atoms with Crippen LogP contribution < -0.4 is 0 Å². The molecule has 2 aliphatic rings. The Morgan fingerprint density at radius 1 is 1.09 bits per heavy atom. The van der Waals surface area contributed by atoms with Crippen LogP contribution in [0.4, 0.5) is 0 Å². The quantitative estimate of drug-likeness (QED) is 0.699. The molecular formula is C21H32O2.